The Hall–Kier alpha value is -0.660. The fraction of sp³-hybridized carbons (Fsp3) is 0.500. The summed E-state index contributed by atoms with van der Waals surface area (Å²) >= 11 is 0. The number of allylic oxidation sites excluding steroid dienone is 1. The van der Waals surface area contributed by atoms with Crippen molar-refractivity contribution in [3.63, 3.8) is 0 Å². The third-order valence-electron chi connectivity index (χ3n) is 0.692. The average molecular weight is 86.1 g/mol. The summed E-state index contributed by atoms with van der Waals surface area (Å²) in [4.78, 5) is 0. The van der Waals surface area contributed by atoms with Crippen LogP contribution in [0.2, 0.25) is 0 Å². The van der Waals surface area contributed by atoms with Crippen molar-refractivity contribution in [3.05, 3.63) is 11.5 Å². The average Bonchev–Trinajstić information content (AvgIpc) is 2.06. The van der Waals surface area contributed by atoms with Crippen LogP contribution in [0.5, 0.6) is 0 Å². The highest BCUT2D eigenvalue weighted by molar-refractivity contribution is 5.07. The van der Waals surface area contributed by atoms with E-state index < -0.39 is 0 Å². The lowest BCUT2D eigenvalue weighted by molar-refractivity contribution is 0.391. The lowest BCUT2D eigenvalue weighted by Crippen LogP contribution is -1.64. The number of rotatable bonds is 0. The molecule has 1 heterocycles. The van der Waals surface area contributed by atoms with Crippen LogP contribution in [0.1, 0.15) is 6.92 Å². The molecule has 0 aromatic rings. The summed E-state index contributed by atoms with van der Waals surface area (Å²) in [6, 6.07) is 0. The van der Waals surface area contributed by atoms with E-state index in [1.54, 1.807) is 6.92 Å². The summed E-state index contributed by atoms with van der Waals surface area (Å²) in [6.45, 7) is 2.24. The molecule has 1 fully saturated rings. The third-order valence-corrected chi connectivity index (χ3v) is 0.692. The van der Waals surface area contributed by atoms with Crippen molar-refractivity contribution in [2.45, 2.75) is 6.92 Å². The molecule has 6 heavy (non-hydrogen) atoms. The van der Waals surface area contributed by atoms with E-state index in [0.717, 1.165) is 5.76 Å². The Labute approximate surface area is 36.0 Å². The van der Waals surface area contributed by atoms with E-state index in [2.05, 4.69) is 4.74 Å². The van der Waals surface area contributed by atoms with Gasteiger partial charge < -0.3 is 9.84 Å². The number of hydrogen-bond donors (Lipinski definition) is 1. The SMILES string of the molecule is C/C(O)=C1/CO1. The van der Waals surface area contributed by atoms with Gasteiger partial charge in [0, 0.05) is 0 Å². The largest absolute Gasteiger partial charge is 0.509 e. The Kier molecular flexibility index (Phi) is 0.528. The molecule has 34 valence electrons. The number of aliphatic hydroxyl groups is 1. The van der Waals surface area contributed by atoms with Crippen molar-refractivity contribution >= 4 is 0 Å². The lowest BCUT2D eigenvalue weighted by Gasteiger charge is -1.73. The van der Waals surface area contributed by atoms with Crippen LogP contribution in [0.25, 0.3) is 0 Å². The molecule has 0 aromatic heterocycles. The molecule has 0 saturated carbocycles. The molecule has 2 heteroatoms. The summed E-state index contributed by atoms with van der Waals surface area (Å²) < 4.78 is 4.60. The summed E-state index contributed by atoms with van der Waals surface area (Å²) in [5.41, 5.74) is 0. The first kappa shape index (κ1) is 3.53. The van der Waals surface area contributed by atoms with E-state index in [0.29, 0.717) is 12.4 Å². The van der Waals surface area contributed by atoms with Crippen LogP contribution in [0, 0.1) is 0 Å². The molecule has 0 unspecified atom stereocenters. The zero-order chi connectivity index (χ0) is 4.57. The van der Waals surface area contributed by atoms with Crippen LogP contribution >= 0.6 is 0 Å². The first-order valence-corrected chi connectivity index (χ1v) is 1.82. The van der Waals surface area contributed by atoms with Gasteiger partial charge >= 0.3 is 0 Å². The van der Waals surface area contributed by atoms with Gasteiger partial charge in [0.2, 0.25) is 0 Å². The van der Waals surface area contributed by atoms with Crippen molar-refractivity contribution in [2.75, 3.05) is 6.61 Å². The van der Waals surface area contributed by atoms with Gasteiger partial charge in [-0.25, -0.2) is 0 Å². The number of ether oxygens (including phenoxy) is 1. The van der Waals surface area contributed by atoms with Gasteiger partial charge in [0.25, 0.3) is 0 Å². The maximum atomic E-state index is 8.45. The van der Waals surface area contributed by atoms with Gasteiger partial charge in [-0.1, -0.05) is 0 Å². The zero-order valence-corrected chi connectivity index (χ0v) is 3.56. The van der Waals surface area contributed by atoms with Crippen molar-refractivity contribution < 1.29 is 9.84 Å². The third kappa shape index (κ3) is 0.455. The number of aliphatic hydroxyl groups excluding tert-OH is 1. The highest BCUT2D eigenvalue weighted by Gasteiger charge is 2.15. The van der Waals surface area contributed by atoms with Gasteiger partial charge in [-0.2, -0.15) is 0 Å². The number of epoxide rings is 1. The van der Waals surface area contributed by atoms with Crippen LogP contribution in [0.4, 0.5) is 0 Å². The van der Waals surface area contributed by atoms with Crippen molar-refractivity contribution in [3.8, 4) is 0 Å². The van der Waals surface area contributed by atoms with Crippen LogP contribution in [-0.2, 0) is 4.74 Å². The molecule has 1 saturated heterocycles. The minimum absolute atomic E-state index is 0.315. The fourth-order valence-electron chi connectivity index (χ4n) is 0.245. The molecule has 0 bridgehead atoms. The highest BCUT2D eigenvalue weighted by atomic mass is 16.6. The molecular formula is C4H6O2. The molecular weight excluding hydrogens is 80.0 g/mol. The molecule has 1 aliphatic rings. The predicted molar refractivity (Wildman–Crippen MR) is 21.3 cm³/mol. The van der Waals surface area contributed by atoms with E-state index in [1.165, 1.54) is 0 Å². The fourth-order valence-corrected chi connectivity index (χ4v) is 0.245. The minimum Gasteiger partial charge on any atom is -0.509 e. The summed E-state index contributed by atoms with van der Waals surface area (Å²) in [5.74, 6) is 1.05. The van der Waals surface area contributed by atoms with Crippen LogP contribution in [0.15, 0.2) is 11.5 Å². The van der Waals surface area contributed by atoms with Gasteiger partial charge in [0.15, 0.2) is 5.76 Å². The van der Waals surface area contributed by atoms with Crippen molar-refractivity contribution in [1.29, 1.82) is 0 Å². The molecule has 1 aliphatic heterocycles. The second kappa shape index (κ2) is 0.899. The number of hydrogen-bond acceptors (Lipinski definition) is 2. The zero-order valence-electron chi connectivity index (χ0n) is 3.56. The van der Waals surface area contributed by atoms with E-state index in [1.807, 2.05) is 0 Å². The van der Waals surface area contributed by atoms with Gasteiger partial charge in [-0.3, -0.25) is 0 Å². The second-order valence-corrected chi connectivity index (χ2v) is 1.30. The molecule has 0 aliphatic carbocycles. The minimum atomic E-state index is 0.315. The summed E-state index contributed by atoms with van der Waals surface area (Å²) in [7, 11) is 0. The van der Waals surface area contributed by atoms with Gasteiger partial charge in [-0.05, 0) is 6.92 Å². The van der Waals surface area contributed by atoms with E-state index >= 15 is 0 Å². The Morgan fingerprint density at radius 2 is 2.50 bits per heavy atom. The van der Waals surface area contributed by atoms with Crippen LogP contribution in [-0.4, -0.2) is 11.7 Å². The van der Waals surface area contributed by atoms with E-state index in [9.17, 15) is 0 Å². The summed E-state index contributed by atoms with van der Waals surface area (Å²) in [5, 5.41) is 8.45. The maximum Gasteiger partial charge on any atom is 0.171 e. The molecule has 0 atom stereocenters. The Morgan fingerprint density at radius 1 is 2.00 bits per heavy atom. The molecule has 0 aromatic carbocycles. The quantitative estimate of drug-likeness (QED) is 0.349. The molecule has 0 radical (unpaired) electrons. The first-order valence-electron chi connectivity index (χ1n) is 1.82. The molecule has 1 N–H and O–H groups in total. The first-order chi connectivity index (χ1) is 2.80. The highest BCUT2D eigenvalue weighted by Crippen LogP contribution is 2.16. The normalized spacial score (nSPS) is 25.5. The predicted octanol–water partition coefficient (Wildman–Crippen LogP) is 0.806. The Morgan fingerprint density at radius 3 is 2.50 bits per heavy atom. The van der Waals surface area contributed by atoms with E-state index in [4.69, 9.17) is 5.11 Å². The molecule has 0 amide bonds. The maximum absolute atomic E-state index is 8.45. The van der Waals surface area contributed by atoms with Crippen LogP contribution < -0.4 is 0 Å². The second-order valence-electron chi connectivity index (χ2n) is 1.30. The Bertz CT molecular complexity index is 83.7. The van der Waals surface area contributed by atoms with Crippen molar-refractivity contribution in [1.82, 2.24) is 0 Å². The smallest absolute Gasteiger partial charge is 0.171 e. The standard InChI is InChI=1S/C4H6O2/c1-3(5)4-2-6-4/h5H,2H2,1H3/b4-3+. The Balaban J connectivity index is 2.61. The van der Waals surface area contributed by atoms with Gasteiger partial charge in [-0.15, -0.1) is 0 Å². The summed E-state index contributed by atoms with van der Waals surface area (Å²) in [6.07, 6.45) is 0. The molecule has 0 spiro atoms. The monoisotopic (exact) mass is 86.0 g/mol. The van der Waals surface area contributed by atoms with Gasteiger partial charge in [0.05, 0.1) is 0 Å². The topological polar surface area (TPSA) is 32.8 Å². The lowest BCUT2D eigenvalue weighted by atomic mass is 10.5. The van der Waals surface area contributed by atoms with Crippen LogP contribution in [0.3, 0.4) is 0 Å². The molecule has 2 nitrogen and oxygen atoms in total. The molecule has 1 rings (SSSR count). The van der Waals surface area contributed by atoms with E-state index in [-0.39, 0.29) is 0 Å². The van der Waals surface area contributed by atoms with Crippen molar-refractivity contribution in [2.24, 2.45) is 0 Å². The van der Waals surface area contributed by atoms with Gasteiger partial charge in [0.1, 0.15) is 12.4 Å².